The number of nitrogens with zero attached hydrogens (tertiary/aromatic N) is 4. The summed E-state index contributed by atoms with van der Waals surface area (Å²) in [5.74, 6) is -0.150. The molecule has 1 fully saturated rings. The van der Waals surface area contributed by atoms with E-state index < -0.39 is 0 Å². The van der Waals surface area contributed by atoms with Crippen molar-refractivity contribution in [3.8, 4) is 0 Å². The number of aryl methyl sites for hydroxylation is 1. The quantitative estimate of drug-likeness (QED) is 0.681. The smallest absolute Gasteiger partial charge is 0.269 e. The average Bonchev–Trinajstić information content (AvgIpc) is 2.78. The van der Waals surface area contributed by atoms with E-state index in [0.29, 0.717) is 18.8 Å². The number of piperidine rings is 1. The highest BCUT2D eigenvalue weighted by Crippen LogP contribution is 2.17. The first kappa shape index (κ1) is 20.2. The molecule has 0 saturated carbocycles. The van der Waals surface area contributed by atoms with Crippen molar-refractivity contribution in [1.82, 2.24) is 25.0 Å². The fraction of sp³-hybridized carbons (Fsp3) is 0.391. The third-order valence-electron chi connectivity index (χ3n) is 5.68. The van der Waals surface area contributed by atoms with Gasteiger partial charge in [0.05, 0.1) is 17.8 Å². The van der Waals surface area contributed by atoms with Gasteiger partial charge >= 0.3 is 0 Å². The monoisotopic (exact) mass is 405 g/mol. The van der Waals surface area contributed by atoms with Crippen LogP contribution in [0.4, 0.5) is 0 Å². The van der Waals surface area contributed by atoms with Crippen LogP contribution in [-0.4, -0.2) is 51.2 Å². The van der Waals surface area contributed by atoms with Crippen molar-refractivity contribution in [3.63, 3.8) is 0 Å². The van der Waals surface area contributed by atoms with E-state index in [2.05, 4.69) is 20.3 Å². The SMILES string of the molecule is Cc1ccc(=O)n(CCN2CCCCC2CNC(=O)c2ccc3ccccc3n2)n1. The molecule has 0 spiro atoms. The predicted octanol–water partition coefficient (Wildman–Crippen LogP) is 2.38. The van der Waals surface area contributed by atoms with Crippen LogP contribution in [0.1, 0.15) is 35.4 Å². The Labute approximate surface area is 175 Å². The zero-order chi connectivity index (χ0) is 20.9. The number of fused-ring (bicyclic) bond motifs is 1. The lowest BCUT2D eigenvalue weighted by atomic mass is 10.0. The minimum absolute atomic E-state index is 0.0789. The summed E-state index contributed by atoms with van der Waals surface area (Å²) >= 11 is 0. The number of para-hydroxylation sites is 1. The Morgan fingerprint density at radius 1 is 1.10 bits per heavy atom. The summed E-state index contributed by atoms with van der Waals surface area (Å²) < 4.78 is 1.53. The number of aromatic nitrogens is 3. The Kier molecular flexibility index (Phi) is 6.18. The van der Waals surface area contributed by atoms with Crippen molar-refractivity contribution in [2.45, 2.75) is 38.8 Å². The van der Waals surface area contributed by atoms with E-state index in [1.54, 1.807) is 18.2 Å². The van der Waals surface area contributed by atoms with Crippen LogP contribution in [-0.2, 0) is 6.54 Å². The van der Waals surface area contributed by atoms with Gasteiger partial charge in [-0.05, 0) is 44.5 Å². The summed E-state index contributed by atoms with van der Waals surface area (Å²) in [6, 6.07) is 15.0. The largest absolute Gasteiger partial charge is 0.349 e. The van der Waals surface area contributed by atoms with Gasteiger partial charge in [0.15, 0.2) is 0 Å². The van der Waals surface area contributed by atoms with Gasteiger partial charge in [-0.2, -0.15) is 5.10 Å². The maximum Gasteiger partial charge on any atom is 0.269 e. The van der Waals surface area contributed by atoms with Gasteiger partial charge in [-0.3, -0.25) is 14.5 Å². The standard InChI is InChI=1S/C23H27N5O2/c1-17-9-12-22(29)28(26-17)15-14-27-13-5-4-7-19(27)16-24-23(30)21-11-10-18-6-2-3-8-20(18)25-21/h2-3,6,8-12,19H,4-5,7,13-16H2,1H3,(H,24,30). The summed E-state index contributed by atoms with van der Waals surface area (Å²) in [6.07, 6.45) is 3.31. The van der Waals surface area contributed by atoms with Gasteiger partial charge in [-0.15, -0.1) is 0 Å². The summed E-state index contributed by atoms with van der Waals surface area (Å²) in [7, 11) is 0. The van der Waals surface area contributed by atoms with E-state index in [-0.39, 0.29) is 17.5 Å². The van der Waals surface area contributed by atoms with Crippen LogP contribution in [0.3, 0.4) is 0 Å². The van der Waals surface area contributed by atoms with Crippen LogP contribution >= 0.6 is 0 Å². The van der Waals surface area contributed by atoms with E-state index in [1.807, 2.05) is 37.3 Å². The minimum atomic E-state index is -0.150. The number of hydrogen-bond donors (Lipinski definition) is 1. The number of rotatable bonds is 6. The second-order valence-electron chi connectivity index (χ2n) is 7.82. The minimum Gasteiger partial charge on any atom is -0.349 e. The third kappa shape index (κ3) is 4.74. The maximum absolute atomic E-state index is 12.7. The van der Waals surface area contributed by atoms with Crippen LogP contribution in [0.25, 0.3) is 10.9 Å². The van der Waals surface area contributed by atoms with Gasteiger partial charge in [0.1, 0.15) is 5.69 Å². The zero-order valence-electron chi connectivity index (χ0n) is 17.3. The van der Waals surface area contributed by atoms with Crippen LogP contribution < -0.4 is 10.9 Å². The molecule has 0 bridgehead atoms. The molecule has 1 N–H and O–H groups in total. The van der Waals surface area contributed by atoms with Crippen LogP contribution in [0.5, 0.6) is 0 Å². The summed E-state index contributed by atoms with van der Waals surface area (Å²) in [5.41, 5.74) is 2.01. The van der Waals surface area contributed by atoms with Crippen molar-refractivity contribution >= 4 is 16.8 Å². The molecule has 1 saturated heterocycles. The Morgan fingerprint density at radius 2 is 1.97 bits per heavy atom. The number of hydrogen-bond acceptors (Lipinski definition) is 5. The zero-order valence-corrected chi connectivity index (χ0v) is 17.3. The van der Waals surface area contributed by atoms with Crippen LogP contribution in [0.2, 0.25) is 0 Å². The highest BCUT2D eigenvalue weighted by Gasteiger charge is 2.23. The molecule has 1 aliphatic heterocycles. The summed E-state index contributed by atoms with van der Waals surface area (Å²) in [4.78, 5) is 31.5. The average molecular weight is 406 g/mol. The number of pyridine rings is 1. The molecule has 0 aliphatic carbocycles. The molecular weight excluding hydrogens is 378 g/mol. The molecule has 1 atom stereocenters. The molecule has 1 aliphatic rings. The van der Waals surface area contributed by atoms with Gasteiger partial charge in [-0.25, -0.2) is 9.67 Å². The number of carbonyl (C=O) groups is 1. The number of likely N-dealkylation sites (tertiary alicyclic amines) is 1. The van der Waals surface area contributed by atoms with Gasteiger partial charge in [0.25, 0.3) is 11.5 Å². The second kappa shape index (κ2) is 9.17. The summed E-state index contributed by atoms with van der Waals surface area (Å²) in [5, 5.41) is 8.40. The van der Waals surface area contributed by atoms with E-state index >= 15 is 0 Å². The lowest BCUT2D eigenvalue weighted by Crippen LogP contribution is -2.48. The molecule has 3 aromatic rings. The van der Waals surface area contributed by atoms with E-state index in [1.165, 1.54) is 4.68 Å². The molecule has 7 nitrogen and oxygen atoms in total. The molecule has 2 aromatic heterocycles. The first-order chi connectivity index (χ1) is 14.6. The fourth-order valence-corrected chi connectivity index (χ4v) is 4.01. The van der Waals surface area contributed by atoms with Crippen LogP contribution in [0, 0.1) is 6.92 Å². The van der Waals surface area contributed by atoms with Gasteiger partial charge in [0, 0.05) is 30.6 Å². The lowest BCUT2D eigenvalue weighted by molar-refractivity contribution is 0.0904. The van der Waals surface area contributed by atoms with E-state index in [4.69, 9.17) is 0 Å². The van der Waals surface area contributed by atoms with Crippen molar-refractivity contribution in [2.24, 2.45) is 0 Å². The number of carbonyl (C=O) groups excluding carboxylic acids is 1. The van der Waals surface area contributed by atoms with Gasteiger partial charge in [0.2, 0.25) is 0 Å². The number of benzene rings is 1. The first-order valence-corrected chi connectivity index (χ1v) is 10.5. The van der Waals surface area contributed by atoms with Gasteiger partial charge in [-0.1, -0.05) is 30.7 Å². The Bertz CT molecular complexity index is 1090. The predicted molar refractivity (Wildman–Crippen MR) is 117 cm³/mol. The van der Waals surface area contributed by atoms with E-state index in [0.717, 1.165) is 48.9 Å². The molecule has 30 heavy (non-hydrogen) atoms. The maximum atomic E-state index is 12.7. The number of amides is 1. The van der Waals surface area contributed by atoms with Gasteiger partial charge < -0.3 is 5.32 Å². The molecule has 7 heteroatoms. The molecule has 3 heterocycles. The Balaban J connectivity index is 1.37. The molecule has 4 rings (SSSR count). The molecule has 1 amide bonds. The van der Waals surface area contributed by atoms with Crippen molar-refractivity contribution in [1.29, 1.82) is 0 Å². The highest BCUT2D eigenvalue weighted by molar-refractivity contribution is 5.94. The number of nitrogens with one attached hydrogen (secondary N) is 1. The molecule has 1 unspecified atom stereocenters. The fourth-order valence-electron chi connectivity index (χ4n) is 4.01. The molecule has 1 aromatic carbocycles. The first-order valence-electron chi connectivity index (χ1n) is 10.5. The Hall–Kier alpha value is -3.06. The van der Waals surface area contributed by atoms with Crippen molar-refractivity contribution in [3.05, 3.63) is 70.3 Å². The topological polar surface area (TPSA) is 80.1 Å². The lowest BCUT2D eigenvalue weighted by Gasteiger charge is -2.35. The van der Waals surface area contributed by atoms with E-state index in [9.17, 15) is 9.59 Å². The molecule has 0 radical (unpaired) electrons. The molecular formula is C23H27N5O2. The van der Waals surface area contributed by atoms with Crippen molar-refractivity contribution in [2.75, 3.05) is 19.6 Å². The summed E-state index contributed by atoms with van der Waals surface area (Å²) in [6.45, 7) is 4.72. The normalized spacial score (nSPS) is 17.2. The molecule has 156 valence electrons. The second-order valence-corrected chi connectivity index (χ2v) is 7.82. The third-order valence-corrected chi connectivity index (χ3v) is 5.68. The van der Waals surface area contributed by atoms with Crippen molar-refractivity contribution < 1.29 is 4.79 Å². The Morgan fingerprint density at radius 3 is 2.87 bits per heavy atom. The highest BCUT2D eigenvalue weighted by atomic mass is 16.2. The van der Waals surface area contributed by atoms with Crippen LogP contribution in [0.15, 0.2) is 53.3 Å².